The maximum atomic E-state index is 2.53. The summed E-state index contributed by atoms with van der Waals surface area (Å²) >= 11 is -2.28. The molecule has 0 N–H and O–H groups in total. The van der Waals surface area contributed by atoms with Crippen molar-refractivity contribution in [2.75, 3.05) is 0 Å². The molecule has 1 aliphatic rings. The van der Waals surface area contributed by atoms with Crippen LogP contribution >= 0.6 is 0 Å². The molecule has 0 spiro atoms. The third kappa shape index (κ3) is 2.59. The van der Waals surface area contributed by atoms with Crippen LogP contribution in [0, 0.1) is 5.92 Å². The normalized spacial score (nSPS) is 21.0. The van der Waals surface area contributed by atoms with E-state index in [0.717, 1.165) is 0 Å². The first-order valence-electron chi connectivity index (χ1n) is 5.09. The van der Waals surface area contributed by atoms with E-state index in [1.54, 1.807) is 5.57 Å². The fourth-order valence-corrected chi connectivity index (χ4v) is 7.33. The number of rotatable bonds is 2. The SMILES string of the molecule is CC(C)C1=[C]([Nb]([CH3])([CH3])([CH3])[CH3])CC=C1. The van der Waals surface area contributed by atoms with Crippen LogP contribution in [-0.2, 0) is 15.8 Å². The summed E-state index contributed by atoms with van der Waals surface area (Å²) in [4.78, 5) is 0. The van der Waals surface area contributed by atoms with Gasteiger partial charge in [0.25, 0.3) is 0 Å². The van der Waals surface area contributed by atoms with E-state index in [9.17, 15) is 0 Å². The summed E-state index contributed by atoms with van der Waals surface area (Å²) in [6.45, 7) is 4.62. The molecule has 0 nitrogen and oxygen atoms in total. The van der Waals surface area contributed by atoms with Crippen LogP contribution in [-0.4, -0.2) is 0 Å². The van der Waals surface area contributed by atoms with E-state index in [-0.39, 0.29) is 0 Å². The predicted molar refractivity (Wildman–Crippen MR) is 59.1 cm³/mol. The van der Waals surface area contributed by atoms with Gasteiger partial charge in [-0.2, -0.15) is 0 Å². The Balaban J connectivity index is 3.14. The van der Waals surface area contributed by atoms with Crippen molar-refractivity contribution in [1.29, 1.82) is 0 Å². The molecule has 1 rings (SSSR count). The van der Waals surface area contributed by atoms with Crippen molar-refractivity contribution >= 4 is 0 Å². The molecular formula is C12H23Nb. The van der Waals surface area contributed by atoms with Crippen molar-refractivity contribution in [2.24, 2.45) is 5.92 Å². The first-order chi connectivity index (χ1) is 5.68. The minimum absolute atomic E-state index is 0.708. The van der Waals surface area contributed by atoms with E-state index < -0.39 is 15.8 Å². The van der Waals surface area contributed by atoms with Gasteiger partial charge < -0.3 is 0 Å². The van der Waals surface area contributed by atoms with Crippen molar-refractivity contribution in [3.63, 3.8) is 0 Å². The summed E-state index contributed by atoms with van der Waals surface area (Å²) in [6, 6.07) is 0. The molecule has 0 heterocycles. The van der Waals surface area contributed by atoms with Gasteiger partial charge in [0.05, 0.1) is 0 Å². The zero-order chi connectivity index (χ0) is 10.3. The zero-order valence-electron chi connectivity index (χ0n) is 9.89. The summed E-state index contributed by atoms with van der Waals surface area (Å²) in [5.41, 5.74) is 1.64. The van der Waals surface area contributed by atoms with Crippen molar-refractivity contribution in [2.45, 2.75) is 40.8 Å². The van der Waals surface area contributed by atoms with Gasteiger partial charge >= 0.3 is 84.1 Å². The van der Waals surface area contributed by atoms with Gasteiger partial charge in [-0.1, -0.05) is 0 Å². The Morgan fingerprint density at radius 2 is 1.69 bits per heavy atom. The van der Waals surface area contributed by atoms with Gasteiger partial charge in [0, 0.05) is 0 Å². The molecule has 0 saturated carbocycles. The summed E-state index contributed by atoms with van der Waals surface area (Å²) in [7, 11) is 0. The van der Waals surface area contributed by atoms with Gasteiger partial charge in [0.1, 0.15) is 0 Å². The van der Waals surface area contributed by atoms with Crippen molar-refractivity contribution < 1.29 is 15.8 Å². The van der Waals surface area contributed by atoms with Gasteiger partial charge in [0.15, 0.2) is 0 Å². The second-order valence-corrected chi connectivity index (χ2v) is 25.2. The Bertz CT molecular complexity index is 262. The van der Waals surface area contributed by atoms with E-state index in [0.29, 0.717) is 5.92 Å². The summed E-state index contributed by atoms with van der Waals surface area (Å²) in [5, 5.41) is 10.1. The molecule has 76 valence electrons. The molecule has 1 heteroatoms. The van der Waals surface area contributed by atoms with Crippen LogP contribution in [0.1, 0.15) is 20.3 Å². The van der Waals surface area contributed by atoms with Gasteiger partial charge in [0.2, 0.25) is 0 Å². The average molecular weight is 260 g/mol. The van der Waals surface area contributed by atoms with Crippen LogP contribution < -0.4 is 0 Å². The standard InChI is InChI=1S/C8H11.4CH3.Nb/c1-7(2)8-5-3-4-6-8;;;;;/h3,5,7H,4H2,1-2H3;4*1H3;. The second kappa shape index (κ2) is 3.12. The van der Waals surface area contributed by atoms with Crippen molar-refractivity contribution in [1.82, 2.24) is 0 Å². The van der Waals surface area contributed by atoms with Crippen LogP contribution in [0.2, 0.25) is 20.6 Å². The van der Waals surface area contributed by atoms with Crippen LogP contribution in [0.4, 0.5) is 0 Å². The molecule has 0 radical (unpaired) electrons. The van der Waals surface area contributed by atoms with E-state index in [1.807, 2.05) is 3.79 Å². The number of hydrogen-bond donors (Lipinski definition) is 0. The molecule has 0 saturated heterocycles. The Kier molecular flexibility index (Phi) is 2.71. The molecule has 0 aromatic heterocycles. The Morgan fingerprint density at radius 1 is 1.15 bits per heavy atom. The molecule has 0 atom stereocenters. The molecule has 0 bridgehead atoms. The van der Waals surface area contributed by atoms with E-state index in [2.05, 4.69) is 46.6 Å². The molecule has 0 amide bonds. The molecule has 0 fully saturated rings. The van der Waals surface area contributed by atoms with E-state index >= 15 is 0 Å². The summed E-state index contributed by atoms with van der Waals surface area (Å²) in [5.74, 6) is 0.708. The quantitative estimate of drug-likeness (QED) is 0.629. The zero-order valence-corrected chi connectivity index (χ0v) is 12.1. The molecule has 0 aromatic rings. The first-order valence-corrected chi connectivity index (χ1v) is 15.0. The third-order valence-corrected chi connectivity index (χ3v) is 9.03. The predicted octanol–water partition coefficient (Wildman–Crippen LogP) is 4.74. The van der Waals surface area contributed by atoms with Gasteiger partial charge in [-0.15, -0.1) is 0 Å². The molecule has 13 heavy (non-hydrogen) atoms. The molecule has 0 unspecified atom stereocenters. The average Bonchev–Trinajstić information content (AvgIpc) is 2.28. The molecule has 1 aliphatic carbocycles. The van der Waals surface area contributed by atoms with Crippen molar-refractivity contribution in [3.8, 4) is 0 Å². The second-order valence-electron chi connectivity index (χ2n) is 6.24. The Morgan fingerprint density at radius 3 is 2.00 bits per heavy atom. The van der Waals surface area contributed by atoms with Gasteiger partial charge in [-0.25, -0.2) is 0 Å². The molecule has 0 aromatic carbocycles. The van der Waals surface area contributed by atoms with Crippen molar-refractivity contribution in [3.05, 3.63) is 21.5 Å². The summed E-state index contributed by atoms with van der Waals surface area (Å²) in [6.07, 6.45) is 5.93. The van der Waals surface area contributed by atoms with E-state index in [4.69, 9.17) is 0 Å². The van der Waals surface area contributed by atoms with Crippen LogP contribution in [0.15, 0.2) is 21.5 Å². The van der Waals surface area contributed by atoms with Crippen LogP contribution in [0.5, 0.6) is 0 Å². The third-order valence-electron chi connectivity index (χ3n) is 2.64. The topological polar surface area (TPSA) is 0 Å². The number of hydrogen-bond acceptors (Lipinski definition) is 0. The minimum atomic E-state index is -2.28. The fraction of sp³-hybridized carbons (Fsp3) is 0.667. The molecule has 0 aliphatic heterocycles. The Labute approximate surface area is 84.0 Å². The molecular weight excluding hydrogens is 237 g/mol. The first kappa shape index (κ1) is 11.3. The van der Waals surface area contributed by atoms with Gasteiger partial charge in [-0.3, -0.25) is 0 Å². The monoisotopic (exact) mass is 260 g/mol. The van der Waals surface area contributed by atoms with E-state index in [1.165, 1.54) is 6.42 Å². The van der Waals surface area contributed by atoms with Crippen LogP contribution in [0.25, 0.3) is 0 Å². The van der Waals surface area contributed by atoms with Gasteiger partial charge in [-0.05, 0) is 0 Å². The summed E-state index contributed by atoms with van der Waals surface area (Å²) < 4.78 is 1.81. The number of allylic oxidation sites excluding steroid dienone is 4. The Hall–Kier alpha value is 0.220. The van der Waals surface area contributed by atoms with Crippen LogP contribution in [0.3, 0.4) is 0 Å². The maximum absolute atomic E-state index is 2.53. The fourth-order valence-electron chi connectivity index (χ4n) is 1.92.